The second kappa shape index (κ2) is 4.43. The van der Waals surface area contributed by atoms with Gasteiger partial charge < -0.3 is 14.7 Å². The van der Waals surface area contributed by atoms with Crippen LogP contribution < -0.4 is 0 Å². The molecule has 0 atom stereocenters. The Bertz CT molecular complexity index is 180. The third kappa shape index (κ3) is 2.57. The monoisotopic (exact) mass is 188 g/mol. The van der Waals surface area contributed by atoms with Crippen LogP contribution in [0.15, 0.2) is 0 Å². The molecule has 0 bridgehead atoms. The third-order valence-corrected chi connectivity index (χ3v) is 2.40. The fourth-order valence-electron chi connectivity index (χ4n) is 1.31. The summed E-state index contributed by atoms with van der Waals surface area (Å²) in [4.78, 5) is 14.0. The lowest BCUT2D eigenvalue weighted by molar-refractivity contribution is 0.0377. The van der Waals surface area contributed by atoms with Crippen LogP contribution >= 0.6 is 0 Å². The van der Waals surface area contributed by atoms with Crippen molar-refractivity contribution in [2.75, 3.05) is 40.4 Å². The molecule has 1 aliphatic heterocycles. The van der Waals surface area contributed by atoms with E-state index < -0.39 is 6.09 Å². The van der Waals surface area contributed by atoms with Gasteiger partial charge in [0.25, 0.3) is 0 Å². The lowest BCUT2D eigenvalue weighted by Gasteiger charge is -2.42. The van der Waals surface area contributed by atoms with E-state index in [2.05, 4.69) is 4.90 Å². The highest BCUT2D eigenvalue weighted by molar-refractivity contribution is 5.66. The largest absolute Gasteiger partial charge is 0.465 e. The van der Waals surface area contributed by atoms with E-state index in [4.69, 9.17) is 9.84 Å². The van der Waals surface area contributed by atoms with E-state index in [-0.39, 0.29) is 0 Å². The normalized spacial score (nSPS) is 17.6. The molecule has 0 saturated carbocycles. The molecule has 1 aliphatic rings. The summed E-state index contributed by atoms with van der Waals surface area (Å²) in [5.74, 6) is 0. The molecule has 0 aromatic heterocycles. The number of amides is 1. The van der Waals surface area contributed by atoms with E-state index in [1.165, 1.54) is 4.90 Å². The number of ether oxygens (including phenoxy) is 1. The maximum atomic E-state index is 10.4. The summed E-state index contributed by atoms with van der Waals surface area (Å²) in [6.45, 7) is 2.79. The summed E-state index contributed by atoms with van der Waals surface area (Å²) in [5.41, 5.74) is 0. The van der Waals surface area contributed by atoms with Gasteiger partial charge in [-0.3, -0.25) is 4.90 Å². The zero-order valence-corrected chi connectivity index (χ0v) is 8.06. The summed E-state index contributed by atoms with van der Waals surface area (Å²) >= 11 is 0. The number of carbonyl (C=O) groups is 1. The molecule has 0 aromatic rings. The van der Waals surface area contributed by atoms with E-state index >= 15 is 0 Å². The van der Waals surface area contributed by atoms with Crippen LogP contribution in [-0.4, -0.2) is 67.4 Å². The molecule has 0 unspecified atom stereocenters. The number of hydrogen-bond acceptors (Lipinski definition) is 3. The van der Waals surface area contributed by atoms with Crippen LogP contribution in [0.5, 0.6) is 0 Å². The first-order valence-corrected chi connectivity index (χ1v) is 4.32. The minimum atomic E-state index is -0.823. The SMILES string of the molecule is COCCN(C)C1CN(C(=O)O)C1. The molecule has 1 fully saturated rings. The van der Waals surface area contributed by atoms with Crippen LogP contribution in [0.3, 0.4) is 0 Å². The van der Waals surface area contributed by atoms with E-state index in [1.54, 1.807) is 7.11 Å². The second-order valence-electron chi connectivity index (χ2n) is 3.31. The molecular formula is C8H16N2O3. The van der Waals surface area contributed by atoms with Gasteiger partial charge in [-0.15, -0.1) is 0 Å². The molecule has 76 valence electrons. The maximum absolute atomic E-state index is 10.4. The highest BCUT2D eigenvalue weighted by Crippen LogP contribution is 2.12. The van der Waals surface area contributed by atoms with Crippen molar-refractivity contribution in [3.63, 3.8) is 0 Å². The fraction of sp³-hybridized carbons (Fsp3) is 0.875. The van der Waals surface area contributed by atoms with Gasteiger partial charge in [0, 0.05) is 32.8 Å². The van der Waals surface area contributed by atoms with Crippen LogP contribution in [0.25, 0.3) is 0 Å². The van der Waals surface area contributed by atoms with Crippen molar-refractivity contribution in [1.82, 2.24) is 9.80 Å². The number of carboxylic acid groups (broad SMARTS) is 1. The zero-order valence-electron chi connectivity index (χ0n) is 8.06. The average molecular weight is 188 g/mol. The molecule has 1 heterocycles. The van der Waals surface area contributed by atoms with Crippen molar-refractivity contribution in [2.24, 2.45) is 0 Å². The molecule has 5 heteroatoms. The minimum Gasteiger partial charge on any atom is -0.465 e. The van der Waals surface area contributed by atoms with Gasteiger partial charge in [-0.2, -0.15) is 0 Å². The standard InChI is InChI=1S/C8H16N2O3/c1-9(3-4-13-2)7-5-10(6-7)8(11)12/h7H,3-6H2,1-2H3,(H,11,12). The topological polar surface area (TPSA) is 53.0 Å². The van der Waals surface area contributed by atoms with Crippen LogP contribution in [0.1, 0.15) is 0 Å². The predicted molar refractivity (Wildman–Crippen MR) is 47.9 cm³/mol. The smallest absolute Gasteiger partial charge is 0.407 e. The lowest BCUT2D eigenvalue weighted by atomic mass is 10.1. The Morgan fingerprint density at radius 1 is 1.69 bits per heavy atom. The molecule has 0 spiro atoms. The van der Waals surface area contributed by atoms with Gasteiger partial charge in [0.1, 0.15) is 0 Å². The number of hydrogen-bond donors (Lipinski definition) is 1. The molecule has 1 N–H and O–H groups in total. The Kier molecular flexibility index (Phi) is 3.50. The third-order valence-electron chi connectivity index (χ3n) is 2.40. The van der Waals surface area contributed by atoms with Gasteiger partial charge in [-0.05, 0) is 7.05 Å². The zero-order chi connectivity index (χ0) is 9.84. The quantitative estimate of drug-likeness (QED) is 0.671. The average Bonchev–Trinajstić information content (AvgIpc) is 1.97. The summed E-state index contributed by atoms with van der Waals surface area (Å²) in [6.07, 6.45) is -0.823. The Labute approximate surface area is 77.9 Å². The number of likely N-dealkylation sites (tertiary alicyclic amines) is 1. The molecular weight excluding hydrogens is 172 g/mol. The predicted octanol–water partition coefficient (Wildman–Crippen LogP) is -0.0732. The first kappa shape index (κ1) is 10.3. The Balaban J connectivity index is 2.15. The van der Waals surface area contributed by atoms with Crippen molar-refractivity contribution in [2.45, 2.75) is 6.04 Å². The molecule has 0 radical (unpaired) electrons. The van der Waals surface area contributed by atoms with Crippen molar-refractivity contribution < 1.29 is 14.6 Å². The number of likely N-dealkylation sites (N-methyl/N-ethyl adjacent to an activating group) is 1. The van der Waals surface area contributed by atoms with E-state index in [0.29, 0.717) is 25.7 Å². The highest BCUT2D eigenvalue weighted by Gasteiger charge is 2.32. The van der Waals surface area contributed by atoms with Gasteiger partial charge >= 0.3 is 6.09 Å². The first-order chi connectivity index (χ1) is 6.15. The number of nitrogens with zero attached hydrogens (tertiary/aromatic N) is 2. The van der Waals surface area contributed by atoms with Crippen molar-refractivity contribution in [3.05, 3.63) is 0 Å². The molecule has 1 amide bonds. The van der Waals surface area contributed by atoms with E-state index in [9.17, 15) is 4.79 Å². The van der Waals surface area contributed by atoms with Crippen LogP contribution in [0.2, 0.25) is 0 Å². The molecule has 0 aliphatic carbocycles. The fourth-order valence-corrected chi connectivity index (χ4v) is 1.31. The summed E-state index contributed by atoms with van der Waals surface area (Å²) in [7, 11) is 3.65. The van der Waals surface area contributed by atoms with Gasteiger partial charge in [-0.1, -0.05) is 0 Å². The van der Waals surface area contributed by atoms with Crippen molar-refractivity contribution >= 4 is 6.09 Å². The van der Waals surface area contributed by atoms with Gasteiger partial charge in [0.15, 0.2) is 0 Å². The van der Waals surface area contributed by atoms with E-state index in [1.807, 2.05) is 7.05 Å². The molecule has 1 saturated heterocycles. The summed E-state index contributed by atoms with van der Waals surface area (Å²) in [5, 5.41) is 8.59. The van der Waals surface area contributed by atoms with Gasteiger partial charge in [0.2, 0.25) is 0 Å². The van der Waals surface area contributed by atoms with Crippen LogP contribution in [-0.2, 0) is 4.74 Å². The molecule has 5 nitrogen and oxygen atoms in total. The maximum Gasteiger partial charge on any atom is 0.407 e. The Morgan fingerprint density at radius 2 is 2.31 bits per heavy atom. The molecule has 0 aromatic carbocycles. The van der Waals surface area contributed by atoms with E-state index in [0.717, 1.165) is 6.54 Å². The van der Waals surface area contributed by atoms with Crippen molar-refractivity contribution in [1.29, 1.82) is 0 Å². The van der Waals surface area contributed by atoms with Crippen molar-refractivity contribution in [3.8, 4) is 0 Å². The number of methoxy groups -OCH3 is 1. The van der Waals surface area contributed by atoms with Gasteiger partial charge in [-0.25, -0.2) is 4.79 Å². The van der Waals surface area contributed by atoms with Crippen LogP contribution in [0, 0.1) is 0 Å². The summed E-state index contributed by atoms with van der Waals surface area (Å²) < 4.78 is 4.93. The van der Waals surface area contributed by atoms with Gasteiger partial charge in [0.05, 0.1) is 6.61 Å². The number of rotatable bonds is 4. The van der Waals surface area contributed by atoms with Crippen LogP contribution in [0.4, 0.5) is 4.79 Å². The minimum absolute atomic E-state index is 0.367. The Morgan fingerprint density at radius 3 is 2.77 bits per heavy atom. The highest BCUT2D eigenvalue weighted by atomic mass is 16.5. The summed E-state index contributed by atoms with van der Waals surface area (Å²) in [6, 6.07) is 0.367. The second-order valence-corrected chi connectivity index (χ2v) is 3.31. The Hall–Kier alpha value is -0.810. The lowest BCUT2D eigenvalue weighted by Crippen LogP contribution is -2.60. The molecule has 1 rings (SSSR count). The molecule has 13 heavy (non-hydrogen) atoms. The first-order valence-electron chi connectivity index (χ1n) is 4.32.